The molecule has 1 aliphatic heterocycles. The summed E-state index contributed by atoms with van der Waals surface area (Å²) in [7, 11) is 1.67. The molecule has 1 aliphatic rings. The minimum atomic E-state index is -1.05. The second kappa shape index (κ2) is 6.58. The molecule has 2 rings (SSSR count). The van der Waals surface area contributed by atoms with Crippen LogP contribution >= 0.6 is 0 Å². The van der Waals surface area contributed by atoms with Crippen molar-refractivity contribution < 1.29 is 19.4 Å². The van der Waals surface area contributed by atoms with E-state index in [9.17, 15) is 14.7 Å². The molecule has 21 heavy (non-hydrogen) atoms. The summed E-state index contributed by atoms with van der Waals surface area (Å²) in [5.41, 5.74) is 1.05. The Morgan fingerprint density at radius 1 is 1.48 bits per heavy atom. The average molecular weight is 292 g/mol. The highest BCUT2D eigenvalue weighted by Crippen LogP contribution is 2.20. The highest BCUT2D eigenvalue weighted by atomic mass is 16.5. The first-order valence-electron chi connectivity index (χ1n) is 6.95. The van der Waals surface area contributed by atoms with E-state index in [1.807, 2.05) is 0 Å². The van der Waals surface area contributed by atoms with Crippen molar-refractivity contribution in [1.82, 2.24) is 4.90 Å². The van der Waals surface area contributed by atoms with Gasteiger partial charge in [-0.05, 0) is 31.4 Å². The fourth-order valence-corrected chi connectivity index (χ4v) is 2.44. The normalized spacial score (nSPS) is 17.5. The molecule has 0 saturated carbocycles. The zero-order valence-electron chi connectivity index (χ0n) is 12.3. The van der Waals surface area contributed by atoms with E-state index in [1.165, 1.54) is 4.90 Å². The van der Waals surface area contributed by atoms with E-state index < -0.39 is 5.97 Å². The summed E-state index contributed by atoms with van der Waals surface area (Å²) in [6, 6.07) is 4.68. The number of aromatic carboxylic acids is 1. The lowest BCUT2D eigenvalue weighted by Crippen LogP contribution is -2.37. The number of rotatable bonds is 4. The number of carbonyl (C=O) groups excluding carboxylic acids is 1. The van der Waals surface area contributed by atoms with E-state index in [4.69, 9.17) is 4.74 Å². The summed E-state index contributed by atoms with van der Waals surface area (Å²) in [5.74, 6) is -1.05. The van der Waals surface area contributed by atoms with Gasteiger partial charge in [0.05, 0.1) is 17.4 Å². The standard InChI is InChI=1S/C15H20N2O4/c1-10-5-3-7-12(13(10)14(18)19)16-15(20)17(2)9-11-6-4-8-21-11/h3,5,7,11H,4,6,8-9H2,1-2H3,(H,16,20)(H,18,19). The van der Waals surface area contributed by atoms with E-state index in [0.717, 1.165) is 19.4 Å². The van der Waals surface area contributed by atoms with Crippen LogP contribution in [0.5, 0.6) is 0 Å². The highest BCUT2D eigenvalue weighted by molar-refractivity contribution is 6.01. The van der Waals surface area contributed by atoms with Crippen LogP contribution in [0.15, 0.2) is 18.2 Å². The van der Waals surface area contributed by atoms with Crippen molar-refractivity contribution >= 4 is 17.7 Å². The smallest absolute Gasteiger partial charge is 0.338 e. The van der Waals surface area contributed by atoms with Crippen LogP contribution < -0.4 is 5.32 Å². The lowest BCUT2D eigenvalue weighted by atomic mass is 10.1. The van der Waals surface area contributed by atoms with Gasteiger partial charge in [-0.3, -0.25) is 0 Å². The molecule has 1 fully saturated rings. The summed E-state index contributed by atoms with van der Waals surface area (Å²) in [4.78, 5) is 25.0. The summed E-state index contributed by atoms with van der Waals surface area (Å²) >= 11 is 0. The fraction of sp³-hybridized carbons (Fsp3) is 0.467. The number of hydrogen-bond acceptors (Lipinski definition) is 3. The Bertz CT molecular complexity index is 538. The van der Waals surface area contributed by atoms with Crippen LogP contribution in [0.4, 0.5) is 10.5 Å². The zero-order chi connectivity index (χ0) is 15.4. The maximum absolute atomic E-state index is 12.2. The Hall–Kier alpha value is -2.08. The average Bonchev–Trinajstić information content (AvgIpc) is 2.91. The molecule has 0 radical (unpaired) electrons. The van der Waals surface area contributed by atoms with Gasteiger partial charge in [-0.2, -0.15) is 0 Å². The van der Waals surface area contributed by atoms with E-state index in [-0.39, 0.29) is 17.7 Å². The summed E-state index contributed by atoms with van der Waals surface area (Å²) < 4.78 is 5.49. The number of aryl methyl sites for hydroxylation is 1. The van der Waals surface area contributed by atoms with Crippen LogP contribution in [0.25, 0.3) is 0 Å². The molecule has 1 unspecified atom stereocenters. The van der Waals surface area contributed by atoms with Gasteiger partial charge in [0.25, 0.3) is 0 Å². The van der Waals surface area contributed by atoms with Gasteiger partial charge in [0, 0.05) is 20.2 Å². The van der Waals surface area contributed by atoms with Gasteiger partial charge in [0.2, 0.25) is 0 Å². The number of amides is 2. The first kappa shape index (κ1) is 15.3. The molecular formula is C15H20N2O4. The third-order valence-corrected chi connectivity index (χ3v) is 3.58. The number of carboxylic acid groups (broad SMARTS) is 1. The fourth-order valence-electron chi connectivity index (χ4n) is 2.44. The van der Waals surface area contributed by atoms with E-state index >= 15 is 0 Å². The lowest BCUT2D eigenvalue weighted by molar-refractivity contribution is 0.0697. The Kier molecular flexibility index (Phi) is 4.80. The molecule has 1 aromatic rings. The quantitative estimate of drug-likeness (QED) is 0.892. The molecule has 6 heteroatoms. The molecule has 2 amide bonds. The first-order valence-corrected chi connectivity index (χ1v) is 6.95. The van der Waals surface area contributed by atoms with Gasteiger partial charge >= 0.3 is 12.0 Å². The van der Waals surface area contributed by atoms with Gasteiger partial charge in [0.1, 0.15) is 0 Å². The van der Waals surface area contributed by atoms with Crippen molar-refractivity contribution in [2.75, 3.05) is 25.5 Å². The molecule has 0 aromatic heterocycles. The summed E-state index contributed by atoms with van der Waals surface area (Å²) in [6.45, 7) is 2.94. The molecule has 2 N–H and O–H groups in total. The Labute approximate surface area is 123 Å². The second-order valence-electron chi connectivity index (χ2n) is 5.25. The van der Waals surface area contributed by atoms with Gasteiger partial charge in [-0.15, -0.1) is 0 Å². The minimum Gasteiger partial charge on any atom is -0.478 e. The largest absolute Gasteiger partial charge is 0.478 e. The molecule has 0 bridgehead atoms. The third-order valence-electron chi connectivity index (χ3n) is 3.58. The molecule has 1 saturated heterocycles. The number of likely N-dealkylation sites (N-methyl/N-ethyl adjacent to an activating group) is 1. The number of benzene rings is 1. The number of nitrogens with zero attached hydrogens (tertiary/aromatic N) is 1. The minimum absolute atomic E-state index is 0.0669. The topological polar surface area (TPSA) is 78.9 Å². The Morgan fingerprint density at radius 3 is 2.86 bits per heavy atom. The predicted octanol–water partition coefficient (Wildman–Crippen LogP) is 2.34. The number of urea groups is 1. The maximum Gasteiger partial charge on any atom is 0.338 e. The number of carbonyl (C=O) groups is 2. The monoisotopic (exact) mass is 292 g/mol. The maximum atomic E-state index is 12.2. The molecule has 0 spiro atoms. The SMILES string of the molecule is Cc1cccc(NC(=O)N(C)CC2CCCO2)c1C(=O)O. The molecule has 6 nitrogen and oxygen atoms in total. The molecule has 0 aliphatic carbocycles. The van der Waals surface area contributed by atoms with Crippen molar-refractivity contribution in [3.63, 3.8) is 0 Å². The molecule has 1 atom stereocenters. The number of ether oxygens (including phenoxy) is 1. The molecule has 1 heterocycles. The van der Waals surface area contributed by atoms with E-state index in [1.54, 1.807) is 32.2 Å². The molecule has 114 valence electrons. The predicted molar refractivity (Wildman–Crippen MR) is 78.8 cm³/mol. The van der Waals surface area contributed by atoms with Crippen LogP contribution in [-0.4, -0.2) is 48.3 Å². The van der Waals surface area contributed by atoms with Gasteiger partial charge in [0.15, 0.2) is 0 Å². The van der Waals surface area contributed by atoms with Gasteiger partial charge < -0.3 is 20.1 Å². The van der Waals surface area contributed by atoms with Crippen molar-refractivity contribution in [1.29, 1.82) is 0 Å². The molecular weight excluding hydrogens is 272 g/mol. The summed E-state index contributed by atoms with van der Waals surface area (Å²) in [6.07, 6.45) is 2.03. The van der Waals surface area contributed by atoms with Gasteiger partial charge in [-0.25, -0.2) is 9.59 Å². The van der Waals surface area contributed by atoms with Crippen molar-refractivity contribution in [3.8, 4) is 0 Å². The van der Waals surface area contributed by atoms with Crippen LogP contribution in [0.2, 0.25) is 0 Å². The van der Waals surface area contributed by atoms with Crippen molar-refractivity contribution in [2.45, 2.75) is 25.9 Å². The van der Waals surface area contributed by atoms with Crippen molar-refractivity contribution in [2.24, 2.45) is 0 Å². The van der Waals surface area contributed by atoms with E-state index in [0.29, 0.717) is 17.8 Å². The van der Waals surface area contributed by atoms with Crippen LogP contribution in [-0.2, 0) is 4.74 Å². The van der Waals surface area contributed by atoms with Crippen LogP contribution in [0.3, 0.4) is 0 Å². The van der Waals surface area contributed by atoms with Gasteiger partial charge in [-0.1, -0.05) is 12.1 Å². The lowest BCUT2D eigenvalue weighted by Gasteiger charge is -2.22. The second-order valence-corrected chi connectivity index (χ2v) is 5.25. The van der Waals surface area contributed by atoms with E-state index in [2.05, 4.69) is 5.32 Å². The first-order chi connectivity index (χ1) is 9.99. The number of hydrogen-bond donors (Lipinski definition) is 2. The van der Waals surface area contributed by atoms with Crippen LogP contribution in [0.1, 0.15) is 28.8 Å². The Morgan fingerprint density at radius 2 is 2.24 bits per heavy atom. The molecule has 1 aromatic carbocycles. The third kappa shape index (κ3) is 3.72. The summed E-state index contributed by atoms with van der Waals surface area (Å²) in [5, 5.41) is 11.9. The highest BCUT2D eigenvalue weighted by Gasteiger charge is 2.21. The number of anilines is 1. The van der Waals surface area contributed by atoms with Crippen LogP contribution in [0, 0.1) is 6.92 Å². The van der Waals surface area contributed by atoms with Crippen molar-refractivity contribution in [3.05, 3.63) is 29.3 Å². The zero-order valence-corrected chi connectivity index (χ0v) is 12.3. The Balaban J connectivity index is 2.05. The number of nitrogens with one attached hydrogen (secondary N) is 1. The number of carboxylic acids is 1.